The van der Waals surface area contributed by atoms with E-state index in [4.69, 9.17) is 9.47 Å². The summed E-state index contributed by atoms with van der Waals surface area (Å²) in [5.41, 5.74) is 2.20. The monoisotopic (exact) mass is 447 g/mol. The molecule has 4 atom stereocenters. The number of carbonyl (C=O) groups excluding carboxylic acids is 1. The second-order valence-corrected chi connectivity index (χ2v) is 9.62. The maximum atomic E-state index is 12.4. The van der Waals surface area contributed by atoms with E-state index < -0.39 is 22.2 Å². The summed E-state index contributed by atoms with van der Waals surface area (Å²) in [6.45, 7) is 0.138. The maximum absolute atomic E-state index is 12.4. The fraction of sp³-hybridized carbons (Fsp3) is 0.429. The molecule has 166 valence electrons. The minimum atomic E-state index is -3.41. The predicted octanol–water partition coefficient (Wildman–Crippen LogP) is 1.15. The van der Waals surface area contributed by atoms with E-state index in [-0.39, 0.29) is 31.0 Å². The third-order valence-corrected chi connectivity index (χ3v) is 6.03. The molecule has 0 saturated carbocycles. The van der Waals surface area contributed by atoms with Gasteiger partial charge in [-0.2, -0.15) is 0 Å². The molecule has 0 spiro atoms. The number of sulfonamides is 1. The number of aliphatic hydroxyl groups excluding tert-OH is 1. The lowest BCUT2D eigenvalue weighted by molar-refractivity contribution is -0.142. The molecule has 2 aromatic rings. The summed E-state index contributed by atoms with van der Waals surface area (Å²) in [6, 6.07) is 8.79. The number of hydrogen-bond acceptors (Lipinski definition) is 7. The van der Waals surface area contributed by atoms with Gasteiger partial charge in [-0.15, -0.1) is 0 Å². The molecule has 1 amide bonds. The van der Waals surface area contributed by atoms with Crippen LogP contribution in [0.2, 0.25) is 0 Å². The molecule has 3 heterocycles. The van der Waals surface area contributed by atoms with Crippen molar-refractivity contribution >= 4 is 21.6 Å². The highest BCUT2D eigenvalue weighted by Crippen LogP contribution is 2.47. The molecule has 10 heteroatoms. The molecular formula is C21H25N3O6S. The van der Waals surface area contributed by atoms with Gasteiger partial charge >= 0.3 is 0 Å². The Morgan fingerprint density at radius 3 is 2.87 bits per heavy atom. The van der Waals surface area contributed by atoms with Crippen molar-refractivity contribution in [3.8, 4) is 5.75 Å². The first-order valence-electron chi connectivity index (χ1n) is 10.0. The number of nitrogens with one attached hydrogen (secondary N) is 2. The molecular weight excluding hydrogens is 422 g/mol. The minimum Gasteiger partial charge on any atom is -0.487 e. The number of anilines is 1. The zero-order chi connectivity index (χ0) is 22.0. The van der Waals surface area contributed by atoms with Gasteiger partial charge in [0, 0.05) is 36.1 Å². The summed E-state index contributed by atoms with van der Waals surface area (Å²) in [4.78, 5) is 16.5. The molecule has 1 aromatic heterocycles. The van der Waals surface area contributed by atoms with Crippen LogP contribution in [0, 0.1) is 0 Å². The zero-order valence-corrected chi connectivity index (χ0v) is 17.8. The number of nitrogens with zero attached hydrogens (tertiary/aromatic N) is 1. The van der Waals surface area contributed by atoms with Crippen LogP contribution in [-0.4, -0.2) is 55.6 Å². The minimum absolute atomic E-state index is 0.113. The Bertz CT molecular complexity index is 1050. The summed E-state index contributed by atoms with van der Waals surface area (Å²) < 4.78 is 37.6. The van der Waals surface area contributed by atoms with Crippen LogP contribution in [0.25, 0.3) is 0 Å². The summed E-state index contributed by atoms with van der Waals surface area (Å²) in [5.74, 6) is 0.367. The van der Waals surface area contributed by atoms with Gasteiger partial charge in [0.25, 0.3) is 0 Å². The Kier molecular flexibility index (Phi) is 6.12. The van der Waals surface area contributed by atoms with Crippen molar-refractivity contribution in [1.82, 2.24) is 10.3 Å². The molecule has 0 aliphatic carbocycles. The first kappa shape index (κ1) is 21.5. The Morgan fingerprint density at radius 2 is 2.16 bits per heavy atom. The maximum Gasteiger partial charge on any atom is 0.229 e. The fourth-order valence-electron chi connectivity index (χ4n) is 4.15. The molecule has 1 saturated heterocycles. The van der Waals surface area contributed by atoms with Crippen molar-refractivity contribution < 1.29 is 27.8 Å². The summed E-state index contributed by atoms with van der Waals surface area (Å²) in [6.07, 6.45) is 3.78. The van der Waals surface area contributed by atoms with E-state index in [0.29, 0.717) is 24.4 Å². The summed E-state index contributed by atoms with van der Waals surface area (Å²) >= 11 is 0. The first-order valence-corrected chi connectivity index (χ1v) is 11.9. The SMILES string of the molecule is CS(=O)(=O)Nc1ccc2c(c1)[C@H]1C[C@H](CC(=O)NCc3cccnc3)O[C@@H](CO)[C@H]1O2. The number of aromatic nitrogens is 1. The van der Waals surface area contributed by atoms with Crippen LogP contribution in [-0.2, 0) is 26.1 Å². The predicted molar refractivity (Wildman–Crippen MR) is 113 cm³/mol. The average Bonchev–Trinajstić information content (AvgIpc) is 3.09. The molecule has 0 unspecified atom stereocenters. The van der Waals surface area contributed by atoms with E-state index >= 15 is 0 Å². The van der Waals surface area contributed by atoms with Crippen LogP contribution in [0.15, 0.2) is 42.7 Å². The third kappa shape index (κ3) is 5.15. The number of amides is 1. The highest BCUT2D eigenvalue weighted by atomic mass is 32.2. The van der Waals surface area contributed by atoms with Gasteiger partial charge in [0.05, 0.1) is 25.4 Å². The molecule has 4 rings (SSSR count). The standard InChI is InChI=1S/C21H25N3O6S/c1-31(27,28)24-14-4-5-18-16(7-14)17-8-15(29-19(12-25)21(17)30-18)9-20(26)23-11-13-3-2-6-22-10-13/h2-7,10,15,17,19,21,24-25H,8-9,11-12H2,1H3,(H,23,26)/t15-,17-,19+,21+/m1/s1. The first-order chi connectivity index (χ1) is 14.8. The lowest BCUT2D eigenvalue weighted by atomic mass is 9.84. The zero-order valence-electron chi connectivity index (χ0n) is 17.0. The van der Waals surface area contributed by atoms with Gasteiger partial charge in [-0.1, -0.05) is 6.07 Å². The number of fused-ring (bicyclic) bond motifs is 3. The lowest BCUT2D eigenvalue weighted by Crippen LogP contribution is -2.47. The third-order valence-electron chi connectivity index (χ3n) is 5.43. The highest BCUT2D eigenvalue weighted by Gasteiger charge is 2.46. The molecule has 2 aliphatic rings. The van der Waals surface area contributed by atoms with Crippen LogP contribution >= 0.6 is 0 Å². The van der Waals surface area contributed by atoms with Gasteiger partial charge in [0.15, 0.2) is 0 Å². The van der Waals surface area contributed by atoms with Crippen molar-refractivity contribution in [1.29, 1.82) is 0 Å². The van der Waals surface area contributed by atoms with E-state index in [9.17, 15) is 18.3 Å². The fourth-order valence-corrected chi connectivity index (χ4v) is 4.70. The van der Waals surface area contributed by atoms with Gasteiger partial charge in [-0.05, 0) is 36.2 Å². The molecule has 1 fully saturated rings. The van der Waals surface area contributed by atoms with Crippen molar-refractivity contribution in [2.75, 3.05) is 17.6 Å². The number of pyridine rings is 1. The van der Waals surface area contributed by atoms with Crippen molar-refractivity contribution in [3.05, 3.63) is 53.9 Å². The Labute approximate surface area is 180 Å². The summed E-state index contributed by atoms with van der Waals surface area (Å²) in [7, 11) is -3.41. The average molecular weight is 448 g/mol. The highest BCUT2D eigenvalue weighted by molar-refractivity contribution is 7.92. The number of carbonyl (C=O) groups is 1. The number of ether oxygens (including phenoxy) is 2. The van der Waals surface area contributed by atoms with E-state index in [2.05, 4.69) is 15.0 Å². The van der Waals surface area contributed by atoms with Gasteiger partial charge in [0.1, 0.15) is 18.0 Å². The Morgan fingerprint density at radius 1 is 1.32 bits per heavy atom. The van der Waals surface area contributed by atoms with Crippen LogP contribution in [0.1, 0.15) is 29.9 Å². The molecule has 0 bridgehead atoms. The second-order valence-electron chi connectivity index (χ2n) is 7.87. The van der Waals surface area contributed by atoms with Crippen LogP contribution in [0.5, 0.6) is 5.75 Å². The molecule has 9 nitrogen and oxygen atoms in total. The van der Waals surface area contributed by atoms with Crippen molar-refractivity contribution in [2.45, 2.75) is 43.6 Å². The number of aliphatic hydroxyl groups is 1. The molecule has 3 N–H and O–H groups in total. The van der Waals surface area contributed by atoms with Crippen molar-refractivity contribution in [3.63, 3.8) is 0 Å². The van der Waals surface area contributed by atoms with Crippen LogP contribution in [0.4, 0.5) is 5.69 Å². The van der Waals surface area contributed by atoms with E-state index in [1.165, 1.54) is 0 Å². The Balaban J connectivity index is 1.45. The number of rotatable bonds is 7. The normalized spacial score (nSPS) is 24.6. The number of hydrogen-bond donors (Lipinski definition) is 3. The van der Waals surface area contributed by atoms with Crippen LogP contribution < -0.4 is 14.8 Å². The van der Waals surface area contributed by atoms with E-state index in [1.807, 2.05) is 12.1 Å². The lowest BCUT2D eigenvalue weighted by Gasteiger charge is -2.37. The quantitative estimate of drug-likeness (QED) is 0.581. The molecule has 2 aliphatic heterocycles. The Hall–Kier alpha value is -2.69. The van der Waals surface area contributed by atoms with Crippen LogP contribution in [0.3, 0.4) is 0 Å². The number of benzene rings is 1. The van der Waals surface area contributed by atoms with E-state index in [0.717, 1.165) is 17.4 Å². The van der Waals surface area contributed by atoms with Gasteiger partial charge in [0.2, 0.25) is 15.9 Å². The smallest absolute Gasteiger partial charge is 0.229 e. The molecule has 0 radical (unpaired) electrons. The van der Waals surface area contributed by atoms with Gasteiger partial charge in [-0.25, -0.2) is 8.42 Å². The molecule has 1 aromatic carbocycles. The summed E-state index contributed by atoms with van der Waals surface area (Å²) in [5, 5.41) is 12.7. The van der Waals surface area contributed by atoms with E-state index in [1.54, 1.807) is 30.6 Å². The van der Waals surface area contributed by atoms with Crippen molar-refractivity contribution in [2.24, 2.45) is 0 Å². The van der Waals surface area contributed by atoms with Gasteiger partial charge < -0.3 is 19.9 Å². The molecule has 31 heavy (non-hydrogen) atoms. The second kappa shape index (κ2) is 8.81. The topological polar surface area (TPSA) is 127 Å². The largest absolute Gasteiger partial charge is 0.487 e. The van der Waals surface area contributed by atoms with Gasteiger partial charge in [-0.3, -0.25) is 14.5 Å².